The van der Waals surface area contributed by atoms with Gasteiger partial charge in [0.05, 0.1) is 0 Å². The Morgan fingerprint density at radius 3 is 2.53 bits per heavy atom. The summed E-state index contributed by atoms with van der Waals surface area (Å²) in [6.07, 6.45) is 3.76. The van der Waals surface area contributed by atoms with Gasteiger partial charge in [-0.3, -0.25) is 4.90 Å². The molecular weight excluding hydrogens is 234 g/mol. The van der Waals surface area contributed by atoms with Gasteiger partial charge < -0.3 is 5.11 Å². The number of hydrogen-bond donors (Lipinski definition) is 1. The zero-order chi connectivity index (χ0) is 12.4. The van der Waals surface area contributed by atoms with Crippen molar-refractivity contribution >= 4 is 11.6 Å². The Labute approximate surface area is 108 Å². The van der Waals surface area contributed by atoms with Gasteiger partial charge in [-0.25, -0.2) is 0 Å². The minimum Gasteiger partial charge on any atom is -0.508 e. The maximum atomic E-state index is 9.88. The van der Waals surface area contributed by atoms with Gasteiger partial charge in [0.1, 0.15) is 5.75 Å². The van der Waals surface area contributed by atoms with Crippen molar-refractivity contribution in [2.75, 3.05) is 0 Å². The lowest BCUT2D eigenvalue weighted by atomic mass is 9.96. The molecular formula is C14H20ClNO. The van der Waals surface area contributed by atoms with Crippen molar-refractivity contribution in [3.05, 3.63) is 28.8 Å². The van der Waals surface area contributed by atoms with Crippen LogP contribution in [0.15, 0.2) is 18.2 Å². The monoisotopic (exact) mass is 253 g/mol. The molecule has 1 fully saturated rings. The predicted octanol–water partition coefficient (Wildman–Crippen LogP) is 3.81. The van der Waals surface area contributed by atoms with Crippen LogP contribution in [-0.4, -0.2) is 22.1 Å². The molecule has 0 amide bonds. The molecule has 0 bridgehead atoms. The van der Waals surface area contributed by atoms with Gasteiger partial charge in [-0.1, -0.05) is 24.1 Å². The molecule has 1 aliphatic heterocycles. The largest absolute Gasteiger partial charge is 0.508 e. The zero-order valence-electron chi connectivity index (χ0n) is 10.5. The Morgan fingerprint density at radius 2 is 1.94 bits per heavy atom. The Bertz CT molecular complexity index is 364. The molecule has 1 heterocycles. The smallest absolute Gasteiger partial charge is 0.121 e. The molecule has 17 heavy (non-hydrogen) atoms. The Kier molecular flexibility index (Phi) is 3.95. The third kappa shape index (κ3) is 2.75. The fraction of sp³-hybridized carbons (Fsp3) is 0.571. The molecule has 1 aromatic rings. The molecule has 0 saturated carbocycles. The molecule has 0 radical (unpaired) electrons. The van der Waals surface area contributed by atoms with Gasteiger partial charge in [-0.15, -0.1) is 0 Å². The molecule has 1 aromatic carbocycles. The average Bonchev–Trinajstić information content (AvgIpc) is 2.27. The highest BCUT2D eigenvalue weighted by atomic mass is 35.5. The summed E-state index contributed by atoms with van der Waals surface area (Å²) in [5.74, 6) is 0.308. The van der Waals surface area contributed by atoms with E-state index in [0.717, 1.165) is 12.1 Å². The SMILES string of the molecule is C[C@@H]1CCC[C@H](C)N1Cc1c(O)cccc1Cl. The molecule has 1 saturated heterocycles. The molecule has 1 N–H and O–H groups in total. The average molecular weight is 254 g/mol. The van der Waals surface area contributed by atoms with Crippen molar-refractivity contribution < 1.29 is 5.11 Å². The van der Waals surface area contributed by atoms with Crippen molar-refractivity contribution in [3.8, 4) is 5.75 Å². The van der Waals surface area contributed by atoms with E-state index in [1.807, 2.05) is 6.07 Å². The molecule has 3 heteroatoms. The lowest BCUT2D eigenvalue weighted by molar-refractivity contribution is 0.0944. The first-order chi connectivity index (χ1) is 8.09. The van der Waals surface area contributed by atoms with Crippen molar-refractivity contribution in [1.29, 1.82) is 0 Å². The van der Waals surface area contributed by atoms with Gasteiger partial charge in [0.25, 0.3) is 0 Å². The van der Waals surface area contributed by atoms with Crippen LogP contribution in [0.2, 0.25) is 5.02 Å². The summed E-state index contributed by atoms with van der Waals surface area (Å²) in [5, 5.41) is 10.5. The molecule has 0 unspecified atom stereocenters. The number of rotatable bonds is 2. The molecule has 0 spiro atoms. The molecule has 2 nitrogen and oxygen atoms in total. The van der Waals surface area contributed by atoms with Crippen molar-refractivity contribution in [3.63, 3.8) is 0 Å². The standard InChI is InChI=1S/C14H20ClNO/c1-10-5-3-6-11(2)16(10)9-12-13(15)7-4-8-14(12)17/h4,7-8,10-11,17H,3,5-6,9H2,1-2H3/t10-,11+. The summed E-state index contributed by atoms with van der Waals surface area (Å²) in [5.41, 5.74) is 0.856. The van der Waals surface area contributed by atoms with E-state index < -0.39 is 0 Å². The fourth-order valence-corrected chi connectivity index (χ4v) is 2.90. The van der Waals surface area contributed by atoms with E-state index in [0.29, 0.717) is 22.9 Å². The second kappa shape index (κ2) is 5.28. The third-order valence-electron chi connectivity index (χ3n) is 3.81. The van der Waals surface area contributed by atoms with Crippen LogP contribution < -0.4 is 0 Å². The number of phenols is 1. The van der Waals surface area contributed by atoms with Crippen molar-refractivity contribution in [2.24, 2.45) is 0 Å². The molecule has 0 aliphatic carbocycles. The van der Waals surface area contributed by atoms with E-state index in [-0.39, 0.29) is 0 Å². The summed E-state index contributed by atoms with van der Waals surface area (Å²) < 4.78 is 0. The Balaban J connectivity index is 2.19. The number of halogens is 1. The number of piperidine rings is 1. The van der Waals surface area contributed by atoms with Crippen molar-refractivity contribution in [2.45, 2.75) is 51.7 Å². The van der Waals surface area contributed by atoms with Crippen LogP contribution in [-0.2, 0) is 6.54 Å². The first-order valence-electron chi connectivity index (χ1n) is 6.31. The number of aromatic hydroxyl groups is 1. The topological polar surface area (TPSA) is 23.5 Å². The molecule has 94 valence electrons. The summed E-state index contributed by atoms with van der Waals surface area (Å²) >= 11 is 6.16. The summed E-state index contributed by atoms with van der Waals surface area (Å²) in [7, 11) is 0. The van der Waals surface area contributed by atoms with E-state index in [1.54, 1.807) is 12.1 Å². The molecule has 2 atom stereocenters. The van der Waals surface area contributed by atoms with Crippen molar-refractivity contribution in [1.82, 2.24) is 4.90 Å². The number of benzene rings is 1. The second-order valence-electron chi connectivity index (χ2n) is 5.04. The molecule has 1 aliphatic rings. The zero-order valence-corrected chi connectivity index (χ0v) is 11.2. The highest BCUT2D eigenvalue weighted by molar-refractivity contribution is 6.31. The quantitative estimate of drug-likeness (QED) is 0.867. The van der Waals surface area contributed by atoms with Gasteiger partial charge >= 0.3 is 0 Å². The number of likely N-dealkylation sites (tertiary alicyclic amines) is 1. The van der Waals surface area contributed by atoms with Crippen LogP contribution in [0.1, 0.15) is 38.7 Å². The highest BCUT2D eigenvalue weighted by Crippen LogP contribution is 2.31. The number of hydrogen-bond acceptors (Lipinski definition) is 2. The van der Waals surface area contributed by atoms with Crippen LogP contribution in [0.5, 0.6) is 5.75 Å². The van der Waals surface area contributed by atoms with E-state index >= 15 is 0 Å². The lowest BCUT2D eigenvalue weighted by Gasteiger charge is -2.39. The van der Waals surface area contributed by atoms with Crippen LogP contribution in [0.4, 0.5) is 0 Å². The van der Waals surface area contributed by atoms with Gasteiger partial charge in [-0.05, 0) is 38.8 Å². The second-order valence-corrected chi connectivity index (χ2v) is 5.45. The third-order valence-corrected chi connectivity index (χ3v) is 4.17. The summed E-state index contributed by atoms with van der Waals surface area (Å²) in [6.45, 7) is 5.25. The number of phenolic OH excluding ortho intramolecular Hbond substituents is 1. The van der Waals surface area contributed by atoms with E-state index in [9.17, 15) is 5.11 Å². The lowest BCUT2D eigenvalue weighted by Crippen LogP contribution is -2.43. The first-order valence-corrected chi connectivity index (χ1v) is 6.69. The van der Waals surface area contributed by atoms with Gasteiger partial charge in [0.15, 0.2) is 0 Å². The maximum Gasteiger partial charge on any atom is 0.121 e. The van der Waals surface area contributed by atoms with Gasteiger partial charge in [-0.2, -0.15) is 0 Å². The first kappa shape index (κ1) is 12.7. The van der Waals surface area contributed by atoms with E-state index in [2.05, 4.69) is 18.7 Å². The molecule has 0 aromatic heterocycles. The van der Waals surface area contributed by atoms with Crippen LogP contribution >= 0.6 is 11.6 Å². The van der Waals surface area contributed by atoms with E-state index in [4.69, 9.17) is 11.6 Å². The fourth-order valence-electron chi connectivity index (χ4n) is 2.67. The van der Waals surface area contributed by atoms with Gasteiger partial charge in [0.2, 0.25) is 0 Å². The van der Waals surface area contributed by atoms with Crippen LogP contribution in [0.3, 0.4) is 0 Å². The predicted molar refractivity (Wildman–Crippen MR) is 71.4 cm³/mol. The normalized spacial score (nSPS) is 26.1. The number of nitrogens with zero attached hydrogens (tertiary/aromatic N) is 1. The minimum atomic E-state index is 0.308. The van der Waals surface area contributed by atoms with Crippen LogP contribution in [0.25, 0.3) is 0 Å². The molecule has 2 rings (SSSR count). The Morgan fingerprint density at radius 1 is 1.29 bits per heavy atom. The summed E-state index contributed by atoms with van der Waals surface area (Å²) in [6, 6.07) is 6.46. The van der Waals surface area contributed by atoms with Crippen LogP contribution in [0, 0.1) is 0 Å². The summed E-state index contributed by atoms with van der Waals surface area (Å²) in [4.78, 5) is 2.43. The minimum absolute atomic E-state index is 0.308. The highest BCUT2D eigenvalue weighted by Gasteiger charge is 2.25. The maximum absolute atomic E-state index is 9.88. The van der Waals surface area contributed by atoms with Gasteiger partial charge in [0, 0.05) is 29.2 Å². The van der Waals surface area contributed by atoms with E-state index in [1.165, 1.54) is 19.3 Å². The Hall–Kier alpha value is -0.730.